The largest absolute Gasteiger partial charge is 0.0654 e. The summed E-state index contributed by atoms with van der Waals surface area (Å²) in [7, 11) is 0. The summed E-state index contributed by atoms with van der Waals surface area (Å²) in [6.07, 6.45) is 18.6. The van der Waals surface area contributed by atoms with Gasteiger partial charge in [0.1, 0.15) is 0 Å². The summed E-state index contributed by atoms with van der Waals surface area (Å²) in [5, 5.41) is 0. The Labute approximate surface area is 216 Å². The molecule has 0 heteroatoms. The molecule has 0 spiro atoms. The van der Waals surface area contributed by atoms with Crippen LogP contribution in [0.5, 0.6) is 0 Å². The fourth-order valence-corrected chi connectivity index (χ4v) is 5.45. The van der Waals surface area contributed by atoms with Crippen molar-refractivity contribution >= 4 is 0 Å². The van der Waals surface area contributed by atoms with Gasteiger partial charge < -0.3 is 0 Å². The van der Waals surface area contributed by atoms with Crippen molar-refractivity contribution in [2.24, 2.45) is 0 Å². The molecule has 0 N–H and O–H groups in total. The molecule has 0 aliphatic heterocycles. The average Bonchev–Trinajstić information content (AvgIpc) is 2.90. The molecule has 3 rings (SSSR count). The topological polar surface area (TPSA) is 0 Å². The van der Waals surface area contributed by atoms with Crippen molar-refractivity contribution in [3.05, 3.63) is 107 Å². The molecule has 0 unspecified atom stereocenters. The fraction of sp³-hybridized carbons (Fsp3) is 0.486. The number of rotatable bonds is 17. The van der Waals surface area contributed by atoms with E-state index in [1.165, 1.54) is 118 Å². The van der Waals surface area contributed by atoms with Crippen molar-refractivity contribution in [2.45, 2.75) is 110 Å². The van der Waals surface area contributed by atoms with Crippen LogP contribution in [0, 0.1) is 0 Å². The molecule has 0 radical (unpaired) electrons. The quantitative estimate of drug-likeness (QED) is 0.136. The Morgan fingerprint density at radius 1 is 0.429 bits per heavy atom. The van der Waals surface area contributed by atoms with E-state index >= 15 is 0 Å². The zero-order valence-electron chi connectivity index (χ0n) is 22.5. The highest BCUT2D eigenvalue weighted by molar-refractivity contribution is 5.49. The van der Waals surface area contributed by atoms with Crippen LogP contribution in [0.2, 0.25) is 0 Å². The minimum atomic E-state index is 0.309. The van der Waals surface area contributed by atoms with Gasteiger partial charge in [0.05, 0.1) is 0 Å². The Bertz CT molecular complexity index is 880. The first kappa shape index (κ1) is 27.3. The first-order valence-corrected chi connectivity index (χ1v) is 14.6. The van der Waals surface area contributed by atoms with Crippen LogP contribution in [0.15, 0.2) is 78.9 Å². The van der Waals surface area contributed by atoms with Gasteiger partial charge in [-0.05, 0) is 53.5 Å². The third kappa shape index (κ3) is 8.99. The molecule has 0 bridgehead atoms. The zero-order chi connectivity index (χ0) is 24.6. The third-order valence-corrected chi connectivity index (χ3v) is 7.46. The summed E-state index contributed by atoms with van der Waals surface area (Å²) in [6, 6.07) is 29.7. The molecule has 0 saturated carbocycles. The van der Waals surface area contributed by atoms with Crippen LogP contribution in [-0.2, 0) is 12.8 Å². The van der Waals surface area contributed by atoms with Gasteiger partial charge in [0, 0.05) is 5.92 Å². The van der Waals surface area contributed by atoms with E-state index in [9.17, 15) is 0 Å². The molecule has 0 nitrogen and oxygen atoms in total. The second kappa shape index (κ2) is 16.4. The van der Waals surface area contributed by atoms with E-state index in [-0.39, 0.29) is 0 Å². The van der Waals surface area contributed by atoms with Crippen molar-refractivity contribution in [3.63, 3.8) is 0 Å². The van der Waals surface area contributed by atoms with Crippen molar-refractivity contribution in [1.82, 2.24) is 0 Å². The highest BCUT2D eigenvalue weighted by Gasteiger charge is 2.21. The van der Waals surface area contributed by atoms with Crippen LogP contribution >= 0.6 is 0 Å². The van der Waals surface area contributed by atoms with Crippen LogP contribution in [0.25, 0.3) is 0 Å². The van der Waals surface area contributed by atoms with Crippen molar-refractivity contribution in [1.29, 1.82) is 0 Å². The molecule has 3 aromatic carbocycles. The van der Waals surface area contributed by atoms with E-state index in [0.29, 0.717) is 5.92 Å². The van der Waals surface area contributed by atoms with E-state index in [4.69, 9.17) is 0 Å². The maximum absolute atomic E-state index is 2.39. The van der Waals surface area contributed by atoms with Crippen molar-refractivity contribution in [2.75, 3.05) is 0 Å². The normalized spacial score (nSPS) is 11.3. The lowest BCUT2D eigenvalue weighted by Crippen LogP contribution is -2.09. The minimum Gasteiger partial charge on any atom is -0.0654 e. The first-order valence-electron chi connectivity index (χ1n) is 14.6. The molecule has 0 amide bonds. The second-order valence-electron chi connectivity index (χ2n) is 10.3. The Balaban J connectivity index is 1.82. The molecular weight excluding hydrogens is 420 g/mol. The second-order valence-corrected chi connectivity index (χ2v) is 10.3. The minimum absolute atomic E-state index is 0.309. The third-order valence-electron chi connectivity index (χ3n) is 7.46. The van der Waals surface area contributed by atoms with E-state index in [1.54, 1.807) is 0 Å². The predicted molar refractivity (Wildman–Crippen MR) is 154 cm³/mol. The molecule has 188 valence electrons. The van der Waals surface area contributed by atoms with Gasteiger partial charge in [-0.3, -0.25) is 0 Å². The Morgan fingerprint density at radius 3 is 1.31 bits per heavy atom. The SMILES string of the molecule is CCCCCCCCc1ccccc1C(c1ccccc1)c1ccccc1CCCCCCCC. The highest BCUT2D eigenvalue weighted by Crippen LogP contribution is 2.36. The maximum Gasteiger partial charge on any atom is 0.0345 e. The van der Waals surface area contributed by atoms with Crippen LogP contribution in [-0.4, -0.2) is 0 Å². The van der Waals surface area contributed by atoms with Gasteiger partial charge >= 0.3 is 0 Å². The van der Waals surface area contributed by atoms with E-state index < -0.39 is 0 Å². The van der Waals surface area contributed by atoms with Gasteiger partial charge in [-0.1, -0.05) is 157 Å². The molecule has 35 heavy (non-hydrogen) atoms. The molecule has 0 aliphatic carbocycles. The Hall–Kier alpha value is -2.34. The van der Waals surface area contributed by atoms with Gasteiger partial charge in [0.2, 0.25) is 0 Å². The summed E-state index contributed by atoms with van der Waals surface area (Å²) in [6.45, 7) is 4.59. The predicted octanol–water partition coefficient (Wildman–Crippen LogP) is 10.7. The lowest BCUT2D eigenvalue weighted by atomic mass is 9.79. The van der Waals surface area contributed by atoms with Crippen LogP contribution in [0.3, 0.4) is 0 Å². The molecule has 3 aromatic rings. The van der Waals surface area contributed by atoms with E-state index in [2.05, 4.69) is 92.7 Å². The number of benzene rings is 3. The standard InChI is InChI=1S/C35H48/c1-3-5-7-9-11-14-22-30-24-18-20-28-33(30)35(32-26-16-13-17-27-32)34-29-21-19-25-31(34)23-15-12-10-8-6-4-2/h13,16-21,24-29,35H,3-12,14-15,22-23H2,1-2H3. The van der Waals surface area contributed by atoms with Crippen molar-refractivity contribution < 1.29 is 0 Å². The van der Waals surface area contributed by atoms with Crippen LogP contribution < -0.4 is 0 Å². The summed E-state index contributed by atoms with van der Waals surface area (Å²) in [5.74, 6) is 0.309. The van der Waals surface area contributed by atoms with Gasteiger partial charge in [-0.25, -0.2) is 0 Å². The van der Waals surface area contributed by atoms with Gasteiger partial charge in [0.25, 0.3) is 0 Å². The smallest absolute Gasteiger partial charge is 0.0345 e. The molecular formula is C35H48. The van der Waals surface area contributed by atoms with Crippen LogP contribution in [0.4, 0.5) is 0 Å². The lowest BCUT2D eigenvalue weighted by molar-refractivity contribution is 0.605. The summed E-state index contributed by atoms with van der Waals surface area (Å²) in [4.78, 5) is 0. The molecule has 0 aromatic heterocycles. The molecule has 0 aliphatic rings. The van der Waals surface area contributed by atoms with Crippen LogP contribution in [0.1, 0.15) is 125 Å². The number of hydrogen-bond donors (Lipinski definition) is 0. The van der Waals surface area contributed by atoms with Gasteiger partial charge in [-0.15, -0.1) is 0 Å². The van der Waals surface area contributed by atoms with Gasteiger partial charge in [-0.2, -0.15) is 0 Å². The Kier molecular flexibility index (Phi) is 12.7. The lowest BCUT2D eigenvalue weighted by Gasteiger charge is -2.24. The summed E-state index contributed by atoms with van der Waals surface area (Å²) < 4.78 is 0. The molecule has 0 saturated heterocycles. The monoisotopic (exact) mass is 468 g/mol. The van der Waals surface area contributed by atoms with Gasteiger partial charge in [0.15, 0.2) is 0 Å². The number of aryl methyl sites for hydroxylation is 2. The zero-order valence-corrected chi connectivity index (χ0v) is 22.5. The number of unbranched alkanes of at least 4 members (excludes halogenated alkanes) is 10. The molecule has 0 fully saturated rings. The molecule has 0 atom stereocenters. The van der Waals surface area contributed by atoms with Crippen molar-refractivity contribution in [3.8, 4) is 0 Å². The first-order chi connectivity index (χ1) is 17.3. The molecule has 0 heterocycles. The number of hydrogen-bond acceptors (Lipinski definition) is 0. The maximum atomic E-state index is 2.39. The summed E-state index contributed by atoms with van der Waals surface area (Å²) in [5.41, 5.74) is 7.49. The van der Waals surface area contributed by atoms with E-state index in [1.807, 2.05) is 0 Å². The Morgan fingerprint density at radius 2 is 0.829 bits per heavy atom. The summed E-state index contributed by atoms with van der Waals surface area (Å²) >= 11 is 0. The fourth-order valence-electron chi connectivity index (χ4n) is 5.45. The van der Waals surface area contributed by atoms with E-state index in [0.717, 1.165) is 0 Å². The average molecular weight is 469 g/mol. The highest BCUT2D eigenvalue weighted by atomic mass is 14.2.